The van der Waals surface area contributed by atoms with Crippen molar-refractivity contribution in [1.29, 1.82) is 0 Å². The molecule has 2 heterocycles. The van der Waals surface area contributed by atoms with E-state index in [1.54, 1.807) is 0 Å². The number of benzene rings is 4. The Labute approximate surface area is 260 Å². The summed E-state index contributed by atoms with van der Waals surface area (Å²) in [5.74, 6) is -0.126. The summed E-state index contributed by atoms with van der Waals surface area (Å²) in [6.45, 7) is 0.406. The van der Waals surface area contributed by atoms with E-state index < -0.39 is 31.7 Å². The van der Waals surface area contributed by atoms with E-state index in [2.05, 4.69) is 0 Å². The minimum absolute atomic E-state index is 0.0790. The molecular weight excluding hydrogens is 617 g/mol. The van der Waals surface area contributed by atoms with Crippen molar-refractivity contribution in [3.05, 3.63) is 109 Å². The van der Waals surface area contributed by atoms with Gasteiger partial charge in [0, 0.05) is 36.5 Å². The number of nitrogens with zero attached hydrogens (tertiary/aromatic N) is 2. The van der Waals surface area contributed by atoms with Gasteiger partial charge in [0.15, 0.2) is 19.5 Å². The van der Waals surface area contributed by atoms with Crippen LogP contribution in [0.25, 0.3) is 44.5 Å². The topological polar surface area (TPSA) is 148 Å². The lowest BCUT2D eigenvalue weighted by Gasteiger charge is -2.05. The van der Waals surface area contributed by atoms with Crippen LogP contribution in [-0.2, 0) is 39.7 Å². The van der Waals surface area contributed by atoms with E-state index in [4.69, 9.17) is 8.83 Å². The van der Waals surface area contributed by atoms with Gasteiger partial charge in [-0.1, -0.05) is 72.8 Å². The Morgan fingerprint density at radius 2 is 0.933 bits per heavy atom. The lowest BCUT2D eigenvalue weighted by Crippen LogP contribution is -2.41. The summed E-state index contributed by atoms with van der Waals surface area (Å²) in [5.41, 5.74) is 6.45. The third-order valence-electron chi connectivity index (χ3n) is 7.63. The van der Waals surface area contributed by atoms with Crippen molar-refractivity contribution < 1.29 is 43.9 Å². The second-order valence-electron chi connectivity index (χ2n) is 10.8. The molecule has 0 atom stereocenters. The zero-order valence-electron chi connectivity index (χ0n) is 24.2. The second kappa shape index (κ2) is 12.6. The van der Waals surface area contributed by atoms with Crippen molar-refractivity contribution >= 4 is 42.4 Å². The number of rotatable bonds is 12. The van der Waals surface area contributed by atoms with Gasteiger partial charge >= 0.3 is 11.8 Å². The predicted octanol–water partition coefficient (Wildman–Crippen LogP) is 4.55. The molecule has 0 aliphatic heterocycles. The number of hydrogen-bond donors (Lipinski definition) is 0. The Morgan fingerprint density at radius 1 is 0.533 bits per heavy atom. The first-order valence-electron chi connectivity index (χ1n) is 14.4. The van der Waals surface area contributed by atoms with Gasteiger partial charge in [0.25, 0.3) is 11.0 Å². The van der Waals surface area contributed by atoms with Crippen molar-refractivity contribution in [3.8, 4) is 22.3 Å². The Bertz CT molecular complexity index is 2030. The van der Waals surface area contributed by atoms with Crippen LogP contribution in [0.1, 0.15) is 24.6 Å². The Balaban J connectivity index is 1.44. The van der Waals surface area contributed by atoms with Crippen LogP contribution in [-0.4, -0.2) is 37.4 Å². The maximum Gasteiger partial charge on any atom is 0.362 e. The molecule has 0 amide bonds. The van der Waals surface area contributed by atoms with Crippen molar-refractivity contribution in [2.45, 2.75) is 32.4 Å². The summed E-state index contributed by atoms with van der Waals surface area (Å²) < 4.78 is 84.8. The van der Waals surface area contributed by atoms with E-state index in [9.17, 15) is 25.9 Å². The summed E-state index contributed by atoms with van der Waals surface area (Å²) in [5, 5.41) is 0. The summed E-state index contributed by atoms with van der Waals surface area (Å²) in [6, 6.07) is 31.1. The highest BCUT2D eigenvalue weighted by Gasteiger charge is 2.31. The Kier molecular flexibility index (Phi) is 8.56. The molecule has 0 fully saturated rings. The molecule has 6 aromatic rings. The molecule has 4 aromatic carbocycles. The minimum Gasteiger partial charge on any atom is -0.748 e. The monoisotopic (exact) mass is 646 g/mol. The van der Waals surface area contributed by atoms with E-state index in [0.29, 0.717) is 22.9 Å². The molecule has 0 aliphatic carbocycles. The fourth-order valence-electron chi connectivity index (χ4n) is 5.56. The molecule has 45 heavy (non-hydrogen) atoms. The van der Waals surface area contributed by atoms with Crippen molar-refractivity contribution in [2.75, 3.05) is 11.5 Å². The van der Waals surface area contributed by atoms with Crippen molar-refractivity contribution in [3.63, 3.8) is 0 Å². The van der Waals surface area contributed by atoms with Gasteiger partial charge in [0.05, 0.1) is 20.2 Å². The van der Waals surface area contributed by atoms with Gasteiger partial charge in [-0.05, 0) is 34.4 Å². The summed E-state index contributed by atoms with van der Waals surface area (Å²) in [7, 11) is -8.84. The van der Waals surface area contributed by atoms with E-state index in [1.807, 2.05) is 106 Å². The lowest BCUT2D eigenvalue weighted by molar-refractivity contribution is -0.697. The van der Waals surface area contributed by atoms with Gasteiger partial charge in [-0.15, -0.1) is 0 Å². The standard InChI is InChI=1S/C33H30N2O8S2/c36-44(37,38)19-7-17-34-28-21-26(24-9-3-1-4-10-24)13-15-30(28)42-32(34)23-33-35(18-8-20-45(39,40)41)29-22-27(14-16-31(29)43-33)25-11-5-2-6-12-25/h1-6,9-16,21-22H,7-8,17-20,23H2. The number of fused-ring (bicyclic) bond motifs is 2. The summed E-state index contributed by atoms with van der Waals surface area (Å²) in [6.07, 6.45) is 0.296. The number of aromatic nitrogens is 2. The average Bonchev–Trinajstić information content (AvgIpc) is 3.53. The third kappa shape index (κ3) is 7.31. The van der Waals surface area contributed by atoms with Crippen LogP contribution < -0.4 is 9.13 Å². The molecule has 12 heteroatoms. The van der Waals surface area contributed by atoms with Gasteiger partial charge in [-0.25, -0.2) is 16.8 Å². The van der Waals surface area contributed by atoms with Crippen molar-refractivity contribution in [2.24, 2.45) is 0 Å². The van der Waals surface area contributed by atoms with Crippen LogP contribution in [0.15, 0.2) is 106 Å². The molecule has 0 aliphatic rings. The van der Waals surface area contributed by atoms with Crippen LogP contribution in [0.2, 0.25) is 0 Å². The quantitative estimate of drug-likeness (QED) is 0.139. The van der Waals surface area contributed by atoms with Crippen LogP contribution in [0.4, 0.5) is 0 Å². The van der Waals surface area contributed by atoms with Crippen molar-refractivity contribution in [1.82, 2.24) is 0 Å². The van der Waals surface area contributed by atoms with E-state index in [-0.39, 0.29) is 32.4 Å². The highest BCUT2D eigenvalue weighted by Crippen LogP contribution is 2.27. The molecule has 0 radical (unpaired) electrons. The summed E-state index contributed by atoms with van der Waals surface area (Å²) >= 11 is 0. The molecule has 10 nitrogen and oxygen atoms in total. The molecule has 0 saturated heterocycles. The number of aryl methyl sites for hydroxylation is 2. The highest BCUT2D eigenvalue weighted by molar-refractivity contribution is 7.85. The SMILES string of the molecule is O=S(=O)([O-])CCC[n+]1c(Cc2oc3ccc(-c4ccccc4)cc3[n+]2CCCS(=O)(=O)[O-])oc2ccc(-c3ccccc3)cc21. The van der Waals surface area contributed by atoms with Crippen LogP contribution >= 0.6 is 0 Å². The zero-order valence-corrected chi connectivity index (χ0v) is 25.8. The number of oxazole rings is 2. The molecule has 0 N–H and O–H groups in total. The first-order valence-corrected chi connectivity index (χ1v) is 17.6. The average molecular weight is 647 g/mol. The highest BCUT2D eigenvalue weighted by atomic mass is 32.2. The van der Waals surface area contributed by atoms with Gasteiger partial charge in [-0.3, -0.25) is 0 Å². The number of hydrogen-bond acceptors (Lipinski definition) is 8. The molecule has 0 spiro atoms. The van der Waals surface area contributed by atoms with E-state index >= 15 is 0 Å². The van der Waals surface area contributed by atoms with Crippen LogP contribution in [0, 0.1) is 0 Å². The zero-order chi connectivity index (χ0) is 31.6. The van der Waals surface area contributed by atoms with E-state index in [1.165, 1.54) is 0 Å². The Morgan fingerprint density at radius 3 is 1.31 bits per heavy atom. The predicted molar refractivity (Wildman–Crippen MR) is 165 cm³/mol. The molecule has 0 saturated carbocycles. The van der Waals surface area contributed by atoms with Crippen LogP contribution in [0.5, 0.6) is 0 Å². The maximum absolute atomic E-state index is 11.4. The first-order chi connectivity index (χ1) is 21.5. The molecule has 0 bridgehead atoms. The molecule has 6 rings (SSSR count). The maximum atomic E-state index is 11.4. The summed E-state index contributed by atoms with van der Waals surface area (Å²) in [4.78, 5) is 0. The normalized spacial score (nSPS) is 12.3. The van der Waals surface area contributed by atoms with Gasteiger partial charge in [-0.2, -0.15) is 9.13 Å². The van der Waals surface area contributed by atoms with Gasteiger partial charge < -0.3 is 17.9 Å². The van der Waals surface area contributed by atoms with Gasteiger partial charge in [0.2, 0.25) is 11.2 Å². The fraction of sp³-hybridized carbons (Fsp3) is 0.212. The smallest absolute Gasteiger partial charge is 0.362 e. The minimum atomic E-state index is -4.42. The van der Waals surface area contributed by atoms with Gasteiger partial charge in [0.1, 0.15) is 0 Å². The van der Waals surface area contributed by atoms with E-state index in [0.717, 1.165) is 33.3 Å². The fourth-order valence-corrected chi connectivity index (χ4v) is 6.53. The molecule has 0 unspecified atom stereocenters. The molecule has 232 valence electrons. The molecule has 2 aromatic heterocycles. The third-order valence-corrected chi connectivity index (χ3v) is 9.20. The lowest BCUT2D eigenvalue weighted by atomic mass is 10.1. The molecular formula is C33H30N2O8S2. The largest absolute Gasteiger partial charge is 0.748 e. The van der Waals surface area contributed by atoms with Crippen LogP contribution in [0.3, 0.4) is 0 Å². The first kappa shape index (κ1) is 30.7. The second-order valence-corrected chi connectivity index (χ2v) is 13.8. The Hall–Kier alpha value is -4.36.